The van der Waals surface area contributed by atoms with Crippen molar-refractivity contribution in [1.29, 1.82) is 0 Å². The van der Waals surface area contributed by atoms with Crippen LogP contribution in [0.1, 0.15) is 30.1 Å². The van der Waals surface area contributed by atoms with E-state index in [4.69, 9.17) is 5.73 Å². The van der Waals surface area contributed by atoms with Crippen LogP contribution in [0.5, 0.6) is 0 Å². The summed E-state index contributed by atoms with van der Waals surface area (Å²) in [7, 11) is 0. The summed E-state index contributed by atoms with van der Waals surface area (Å²) in [5.74, 6) is -2.67. The molecule has 20 heavy (non-hydrogen) atoms. The van der Waals surface area contributed by atoms with Crippen LogP contribution in [0, 0.1) is 11.6 Å². The topological polar surface area (TPSA) is 58.4 Å². The predicted octanol–water partition coefficient (Wildman–Crippen LogP) is 1.76. The number of carbonyl (C=O) groups excluding carboxylic acids is 1. The molecule has 1 amide bonds. The van der Waals surface area contributed by atoms with Gasteiger partial charge in [0.05, 0.1) is 5.69 Å². The number of anilines is 1. The molecule has 0 spiro atoms. The van der Waals surface area contributed by atoms with Gasteiger partial charge in [-0.15, -0.1) is 0 Å². The highest BCUT2D eigenvalue weighted by atomic mass is 19.1. The second-order valence-corrected chi connectivity index (χ2v) is 4.94. The van der Waals surface area contributed by atoms with Crippen molar-refractivity contribution in [2.45, 2.75) is 25.8 Å². The normalized spacial score (nSPS) is 14.6. The van der Waals surface area contributed by atoms with Crippen LogP contribution in [0.4, 0.5) is 14.5 Å². The molecule has 4 nitrogen and oxygen atoms in total. The molecule has 0 radical (unpaired) electrons. The predicted molar refractivity (Wildman–Crippen MR) is 73.4 cm³/mol. The quantitative estimate of drug-likeness (QED) is 0.782. The monoisotopic (exact) mass is 283 g/mol. The fourth-order valence-corrected chi connectivity index (χ4v) is 2.22. The molecular weight excluding hydrogens is 264 g/mol. The number of carbonyl (C=O) groups is 1. The van der Waals surface area contributed by atoms with E-state index in [2.05, 4.69) is 17.1 Å². The van der Waals surface area contributed by atoms with Gasteiger partial charge in [0, 0.05) is 19.1 Å². The first-order chi connectivity index (χ1) is 9.54. The molecule has 0 bridgehead atoms. The van der Waals surface area contributed by atoms with Crippen molar-refractivity contribution in [1.82, 2.24) is 10.2 Å². The van der Waals surface area contributed by atoms with Crippen molar-refractivity contribution in [3.63, 3.8) is 0 Å². The molecule has 0 saturated heterocycles. The molecule has 1 fully saturated rings. The fraction of sp³-hybridized carbons (Fsp3) is 0.500. The smallest absolute Gasteiger partial charge is 0.257 e. The van der Waals surface area contributed by atoms with Crippen LogP contribution >= 0.6 is 0 Å². The van der Waals surface area contributed by atoms with E-state index in [9.17, 15) is 13.6 Å². The summed E-state index contributed by atoms with van der Waals surface area (Å²) in [6.07, 6.45) is 2.36. The minimum atomic E-state index is -1.00. The van der Waals surface area contributed by atoms with Crippen molar-refractivity contribution in [2.75, 3.05) is 25.4 Å². The standard InChI is InChI=1S/C14H19F2N3O/c1-2-19(9-3-4-9)8-7-18-14(20)12-10(15)5-6-11(17)13(12)16/h5-6,9H,2-4,7-8,17H2,1H3,(H,18,20). The van der Waals surface area contributed by atoms with Crippen LogP contribution < -0.4 is 11.1 Å². The molecule has 2 rings (SSSR count). The molecule has 1 aromatic carbocycles. The molecule has 110 valence electrons. The van der Waals surface area contributed by atoms with Gasteiger partial charge in [0.25, 0.3) is 5.91 Å². The van der Waals surface area contributed by atoms with Crippen LogP contribution in [0.3, 0.4) is 0 Å². The summed E-state index contributed by atoms with van der Waals surface area (Å²) < 4.78 is 27.2. The average Bonchev–Trinajstić information content (AvgIpc) is 3.24. The summed E-state index contributed by atoms with van der Waals surface area (Å²) in [6, 6.07) is 2.70. The molecule has 0 atom stereocenters. The average molecular weight is 283 g/mol. The van der Waals surface area contributed by atoms with E-state index in [1.54, 1.807) is 0 Å². The zero-order valence-corrected chi connectivity index (χ0v) is 11.5. The fourth-order valence-electron chi connectivity index (χ4n) is 2.22. The third-order valence-electron chi connectivity index (χ3n) is 3.50. The number of nitrogens with two attached hydrogens (primary N) is 1. The van der Waals surface area contributed by atoms with E-state index in [1.165, 1.54) is 12.8 Å². The van der Waals surface area contributed by atoms with E-state index in [0.29, 0.717) is 19.1 Å². The zero-order chi connectivity index (χ0) is 14.7. The van der Waals surface area contributed by atoms with Crippen LogP contribution in [-0.2, 0) is 0 Å². The lowest BCUT2D eigenvalue weighted by Crippen LogP contribution is -2.36. The lowest BCUT2D eigenvalue weighted by Gasteiger charge is -2.19. The Morgan fingerprint density at radius 3 is 2.75 bits per heavy atom. The number of amides is 1. The van der Waals surface area contributed by atoms with Gasteiger partial charge in [0.2, 0.25) is 0 Å². The summed E-state index contributed by atoms with van der Waals surface area (Å²) >= 11 is 0. The van der Waals surface area contributed by atoms with Gasteiger partial charge in [-0.3, -0.25) is 9.69 Å². The number of nitrogen functional groups attached to an aromatic ring is 1. The number of hydrogen-bond acceptors (Lipinski definition) is 3. The number of nitrogens with zero attached hydrogens (tertiary/aromatic N) is 1. The third kappa shape index (κ3) is 3.25. The summed E-state index contributed by atoms with van der Waals surface area (Å²) in [6.45, 7) is 3.99. The third-order valence-corrected chi connectivity index (χ3v) is 3.50. The molecule has 1 saturated carbocycles. The van der Waals surface area contributed by atoms with E-state index in [0.717, 1.165) is 18.7 Å². The van der Waals surface area contributed by atoms with Gasteiger partial charge in [-0.1, -0.05) is 6.92 Å². The Morgan fingerprint density at radius 1 is 1.45 bits per heavy atom. The Labute approximate surface area is 116 Å². The van der Waals surface area contributed by atoms with Crippen LogP contribution in [-0.4, -0.2) is 36.5 Å². The number of likely N-dealkylation sites (N-methyl/N-ethyl adjacent to an activating group) is 1. The lowest BCUT2D eigenvalue weighted by atomic mass is 10.1. The maximum Gasteiger partial charge on any atom is 0.257 e. The number of benzene rings is 1. The van der Waals surface area contributed by atoms with Gasteiger partial charge in [0.1, 0.15) is 11.4 Å². The van der Waals surface area contributed by atoms with Gasteiger partial charge in [0.15, 0.2) is 5.82 Å². The number of nitrogens with one attached hydrogen (secondary N) is 1. The van der Waals surface area contributed by atoms with Gasteiger partial charge >= 0.3 is 0 Å². The molecule has 0 unspecified atom stereocenters. The molecule has 0 aromatic heterocycles. The highest BCUT2D eigenvalue weighted by Crippen LogP contribution is 2.25. The molecule has 6 heteroatoms. The first-order valence-corrected chi connectivity index (χ1v) is 6.80. The van der Waals surface area contributed by atoms with Crippen molar-refractivity contribution in [2.24, 2.45) is 0 Å². The van der Waals surface area contributed by atoms with E-state index >= 15 is 0 Å². The first-order valence-electron chi connectivity index (χ1n) is 6.80. The molecular formula is C14H19F2N3O. The van der Waals surface area contributed by atoms with Crippen LogP contribution in [0.2, 0.25) is 0 Å². The molecule has 0 aliphatic heterocycles. The van der Waals surface area contributed by atoms with Crippen molar-refractivity contribution in [3.05, 3.63) is 29.3 Å². The zero-order valence-electron chi connectivity index (χ0n) is 11.5. The summed E-state index contributed by atoms with van der Waals surface area (Å²) in [5, 5.41) is 2.54. The largest absolute Gasteiger partial charge is 0.396 e. The van der Waals surface area contributed by atoms with Gasteiger partial charge < -0.3 is 11.1 Å². The van der Waals surface area contributed by atoms with Crippen molar-refractivity contribution >= 4 is 11.6 Å². The van der Waals surface area contributed by atoms with Crippen molar-refractivity contribution < 1.29 is 13.6 Å². The number of rotatable bonds is 6. The maximum absolute atomic E-state index is 13.7. The van der Waals surface area contributed by atoms with Crippen LogP contribution in [0.15, 0.2) is 12.1 Å². The lowest BCUT2D eigenvalue weighted by molar-refractivity contribution is 0.0939. The van der Waals surface area contributed by atoms with Crippen LogP contribution in [0.25, 0.3) is 0 Å². The molecule has 3 N–H and O–H groups in total. The van der Waals surface area contributed by atoms with Gasteiger partial charge in [-0.2, -0.15) is 0 Å². The Morgan fingerprint density at radius 2 is 2.15 bits per heavy atom. The number of hydrogen-bond donors (Lipinski definition) is 2. The minimum Gasteiger partial charge on any atom is -0.396 e. The second kappa shape index (κ2) is 6.17. The number of halogens is 2. The summed E-state index contributed by atoms with van der Waals surface area (Å²) in [5.41, 5.74) is 4.50. The minimum absolute atomic E-state index is 0.232. The molecule has 1 aliphatic rings. The Hall–Kier alpha value is -1.69. The molecule has 0 heterocycles. The summed E-state index contributed by atoms with van der Waals surface area (Å²) in [4.78, 5) is 14.1. The van der Waals surface area contributed by atoms with E-state index in [-0.39, 0.29) is 5.69 Å². The van der Waals surface area contributed by atoms with E-state index in [1.807, 2.05) is 0 Å². The maximum atomic E-state index is 13.7. The first kappa shape index (κ1) is 14.7. The van der Waals surface area contributed by atoms with Gasteiger partial charge in [-0.05, 0) is 31.5 Å². The highest BCUT2D eigenvalue weighted by Gasteiger charge is 2.27. The molecule has 1 aromatic rings. The Balaban J connectivity index is 1.93. The van der Waals surface area contributed by atoms with Gasteiger partial charge in [-0.25, -0.2) is 8.78 Å². The SMILES string of the molecule is CCN(CCNC(=O)c1c(F)ccc(N)c1F)C1CC1. The molecule has 1 aliphatic carbocycles. The van der Waals surface area contributed by atoms with E-state index < -0.39 is 23.1 Å². The highest BCUT2D eigenvalue weighted by molar-refractivity contribution is 5.95. The Bertz CT molecular complexity index is 503. The van der Waals surface area contributed by atoms with Crippen molar-refractivity contribution in [3.8, 4) is 0 Å². The second-order valence-electron chi connectivity index (χ2n) is 4.94. The Kier molecular flexibility index (Phi) is 4.54.